The Morgan fingerprint density at radius 3 is 2.47 bits per heavy atom. The Morgan fingerprint density at radius 1 is 1.03 bits per heavy atom. The van der Waals surface area contributed by atoms with Crippen LogP contribution in [0.5, 0.6) is 0 Å². The summed E-state index contributed by atoms with van der Waals surface area (Å²) < 4.78 is 2.19. The number of pyridine rings is 1. The summed E-state index contributed by atoms with van der Waals surface area (Å²) >= 11 is 6.08. The molecule has 6 heteroatoms. The summed E-state index contributed by atoms with van der Waals surface area (Å²) in [5.41, 5.74) is 3.48. The molecule has 0 unspecified atom stereocenters. The molecule has 3 aromatic rings. The third-order valence-corrected chi connectivity index (χ3v) is 6.70. The Bertz CT molecular complexity index is 1080. The molecular formula is C26H30ClN3O2. The first kappa shape index (κ1) is 22.5. The van der Waals surface area contributed by atoms with Gasteiger partial charge in [-0.15, -0.1) is 0 Å². The maximum absolute atomic E-state index is 12.6. The van der Waals surface area contributed by atoms with Gasteiger partial charge in [0.2, 0.25) is 5.91 Å². The molecule has 1 aliphatic rings. The van der Waals surface area contributed by atoms with Crippen molar-refractivity contribution in [2.75, 3.05) is 13.1 Å². The monoisotopic (exact) mass is 451 g/mol. The lowest BCUT2D eigenvalue weighted by Gasteiger charge is -2.32. The van der Waals surface area contributed by atoms with Crippen molar-refractivity contribution in [2.24, 2.45) is 0 Å². The standard InChI is InChI=1S/C26H30ClN3O2/c1-19(31)5-3-2-4-6-26(32)29-15-12-20(13-16-29)24-18-30(22-9-7-21(27)8-10-22)25-17-28-14-11-23(24)25/h7-11,14,17-18,20H,2-6,12-13,15-16H2,1H3. The third kappa shape index (κ3) is 5.21. The maximum Gasteiger partial charge on any atom is 0.222 e. The number of aromatic nitrogens is 2. The largest absolute Gasteiger partial charge is 0.343 e. The molecule has 1 aromatic carbocycles. The van der Waals surface area contributed by atoms with Gasteiger partial charge >= 0.3 is 0 Å². The van der Waals surface area contributed by atoms with Crippen LogP contribution < -0.4 is 0 Å². The number of hydrogen-bond donors (Lipinski definition) is 0. The van der Waals surface area contributed by atoms with E-state index in [1.807, 2.05) is 41.6 Å². The minimum absolute atomic E-state index is 0.228. The highest BCUT2D eigenvalue weighted by molar-refractivity contribution is 6.30. The van der Waals surface area contributed by atoms with Crippen LogP contribution in [0.3, 0.4) is 0 Å². The molecule has 0 atom stereocenters. The quantitative estimate of drug-likeness (QED) is 0.399. The second-order valence-electron chi connectivity index (χ2n) is 8.74. The van der Waals surface area contributed by atoms with Crippen LogP contribution in [0.15, 0.2) is 48.9 Å². The lowest BCUT2D eigenvalue weighted by molar-refractivity contribution is -0.132. The molecule has 5 nitrogen and oxygen atoms in total. The van der Waals surface area contributed by atoms with Gasteiger partial charge in [0.15, 0.2) is 0 Å². The first-order chi connectivity index (χ1) is 15.5. The number of Topliss-reactive ketones (excluding diaryl/α,β-unsaturated/α-hetero) is 1. The Labute approximate surface area is 194 Å². The number of carbonyl (C=O) groups is 2. The normalized spacial score (nSPS) is 14.8. The van der Waals surface area contributed by atoms with Gasteiger partial charge in [0.25, 0.3) is 0 Å². The number of halogens is 1. The van der Waals surface area contributed by atoms with Crippen LogP contribution in [-0.2, 0) is 9.59 Å². The minimum Gasteiger partial charge on any atom is -0.343 e. The summed E-state index contributed by atoms with van der Waals surface area (Å²) in [6.07, 6.45) is 11.8. The first-order valence-electron chi connectivity index (χ1n) is 11.5. The molecule has 0 radical (unpaired) electrons. The topological polar surface area (TPSA) is 55.2 Å². The zero-order valence-electron chi connectivity index (χ0n) is 18.6. The molecule has 0 aliphatic carbocycles. The summed E-state index contributed by atoms with van der Waals surface area (Å²) in [7, 11) is 0. The van der Waals surface area contributed by atoms with E-state index in [0.29, 0.717) is 18.8 Å². The van der Waals surface area contributed by atoms with Crippen LogP contribution in [-0.4, -0.2) is 39.2 Å². The number of benzene rings is 1. The Morgan fingerprint density at radius 2 is 1.75 bits per heavy atom. The zero-order valence-corrected chi connectivity index (χ0v) is 19.4. The third-order valence-electron chi connectivity index (χ3n) is 6.45. The van der Waals surface area contributed by atoms with Gasteiger partial charge in [0.1, 0.15) is 5.78 Å². The lowest BCUT2D eigenvalue weighted by atomic mass is 9.89. The van der Waals surface area contributed by atoms with Crippen LogP contribution in [0.25, 0.3) is 16.6 Å². The number of unbranched alkanes of at least 4 members (excludes halogenated alkanes) is 2. The van der Waals surface area contributed by atoms with Crippen LogP contribution in [0, 0.1) is 0 Å². The van der Waals surface area contributed by atoms with Crippen LogP contribution in [0.1, 0.15) is 63.4 Å². The van der Waals surface area contributed by atoms with Gasteiger partial charge in [-0.25, -0.2) is 0 Å². The minimum atomic E-state index is 0.228. The van der Waals surface area contributed by atoms with E-state index in [1.54, 1.807) is 6.92 Å². The second-order valence-corrected chi connectivity index (χ2v) is 9.18. The van der Waals surface area contributed by atoms with Crippen LogP contribution >= 0.6 is 11.6 Å². The number of likely N-dealkylation sites (tertiary alicyclic amines) is 1. The molecule has 0 saturated carbocycles. The number of piperidine rings is 1. The smallest absolute Gasteiger partial charge is 0.222 e. The van der Waals surface area contributed by atoms with Crippen LogP contribution in [0.4, 0.5) is 0 Å². The van der Waals surface area contributed by atoms with E-state index in [1.165, 1.54) is 10.9 Å². The van der Waals surface area contributed by atoms with E-state index in [-0.39, 0.29) is 11.7 Å². The number of nitrogens with zero attached hydrogens (tertiary/aromatic N) is 3. The van der Waals surface area contributed by atoms with Crippen molar-refractivity contribution in [1.29, 1.82) is 0 Å². The molecule has 1 amide bonds. The molecule has 3 heterocycles. The summed E-state index contributed by atoms with van der Waals surface area (Å²) in [5.74, 6) is 0.902. The van der Waals surface area contributed by atoms with Crippen molar-refractivity contribution in [3.63, 3.8) is 0 Å². The zero-order chi connectivity index (χ0) is 22.5. The average Bonchev–Trinajstić information content (AvgIpc) is 3.19. The fraction of sp³-hybridized carbons (Fsp3) is 0.423. The lowest BCUT2D eigenvalue weighted by Crippen LogP contribution is -2.37. The van der Waals surface area contributed by atoms with E-state index >= 15 is 0 Å². The van der Waals surface area contributed by atoms with E-state index < -0.39 is 0 Å². The summed E-state index contributed by atoms with van der Waals surface area (Å²) in [5, 5.41) is 1.95. The maximum atomic E-state index is 12.6. The van der Waals surface area contributed by atoms with E-state index in [2.05, 4.69) is 21.8 Å². The number of amides is 1. The number of fused-ring (bicyclic) bond motifs is 1. The SMILES string of the molecule is CC(=O)CCCCCC(=O)N1CCC(c2cn(-c3ccc(Cl)cc3)c3cnccc23)CC1. The molecule has 1 aliphatic heterocycles. The second kappa shape index (κ2) is 10.3. The molecular weight excluding hydrogens is 422 g/mol. The van der Waals surface area contributed by atoms with E-state index in [4.69, 9.17) is 11.6 Å². The molecule has 32 heavy (non-hydrogen) atoms. The highest BCUT2D eigenvalue weighted by atomic mass is 35.5. The molecule has 0 N–H and O–H groups in total. The van der Waals surface area contributed by atoms with Crippen molar-refractivity contribution in [3.8, 4) is 5.69 Å². The van der Waals surface area contributed by atoms with Crippen molar-refractivity contribution in [3.05, 3.63) is 59.5 Å². The molecule has 2 aromatic heterocycles. The fourth-order valence-corrected chi connectivity index (χ4v) is 4.79. The fourth-order valence-electron chi connectivity index (χ4n) is 4.67. The Kier molecular flexibility index (Phi) is 7.26. The highest BCUT2D eigenvalue weighted by Crippen LogP contribution is 2.35. The van der Waals surface area contributed by atoms with Gasteiger partial charge < -0.3 is 14.3 Å². The summed E-state index contributed by atoms with van der Waals surface area (Å²) in [6, 6.07) is 9.95. The van der Waals surface area contributed by atoms with Gasteiger partial charge in [-0.1, -0.05) is 18.0 Å². The van der Waals surface area contributed by atoms with Crippen LogP contribution in [0.2, 0.25) is 5.02 Å². The molecule has 0 bridgehead atoms. The van der Waals surface area contributed by atoms with E-state index in [0.717, 1.165) is 61.4 Å². The molecule has 1 saturated heterocycles. The van der Waals surface area contributed by atoms with Gasteiger partial charge in [0, 0.05) is 54.4 Å². The summed E-state index contributed by atoms with van der Waals surface area (Å²) in [4.78, 5) is 30.0. The summed E-state index contributed by atoms with van der Waals surface area (Å²) in [6.45, 7) is 3.23. The number of hydrogen-bond acceptors (Lipinski definition) is 3. The Balaban J connectivity index is 1.40. The molecule has 0 spiro atoms. The van der Waals surface area contributed by atoms with Gasteiger partial charge in [0.05, 0.1) is 11.7 Å². The predicted molar refractivity (Wildman–Crippen MR) is 128 cm³/mol. The van der Waals surface area contributed by atoms with Gasteiger partial charge in [-0.2, -0.15) is 0 Å². The van der Waals surface area contributed by atoms with Gasteiger partial charge in [-0.3, -0.25) is 9.78 Å². The highest BCUT2D eigenvalue weighted by Gasteiger charge is 2.26. The first-order valence-corrected chi connectivity index (χ1v) is 11.9. The van der Waals surface area contributed by atoms with Gasteiger partial charge in [-0.05, 0) is 74.4 Å². The molecule has 4 rings (SSSR count). The van der Waals surface area contributed by atoms with E-state index in [9.17, 15) is 9.59 Å². The van der Waals surface area contributed by atoms with Crippen molar-refractivity contribution in [2.45, 2.75) is 57.8 Å². The van der Waals surface area contributed by atoms with Crippen molar-refractivity contribution >= 4 is 34.2 Å². The van der Waals surface area contributed by atoms with Crippen molar-refractivity contribution < 1.29 is 9.59 Å². The number of ketones is 1. The number of rotatable bonds is 8. The number of carbonyl (C=O) groups excluding carboxylic acids is 2. The average molecular weight is 452 g/mol. The van der Waals surface area contributed by atoms with Crippen molar-refractivity contribution in [1.82, 2.24) is 14.5 Å². The molecule has 168 valence electrons. The predicted octanol–water partition coefficient (Wildman–Crippen LogP) is 5.92. The molecule has 1 fully saturated rings. The Hall–Kier alpha value is -2.66.